The fourth-order valence-corrected chi connectivity index (χ4v) is 4.51. The highest BCUT2D eigenvalue weighted by Gasteiger charge is 2.16. The second-order valence-electron chi connectivity index (χ2n) is 4.05. The van der Waals surface area contributed by atoms with Gasteiger partial charge in [-0.15, -0.1) is 11.3 Å². The van der Waals surface area contributed by atoms with Crippen molar-refractivity contribution >= 4 is 49.2 Å². The molecular weight excluding hydrogens is 424 g/mol. The first-order valence-corrected chi connectivity index (χ1v) is 8.07. The monoisotopic (exact) mass is 428 g/mol. The Labute approximate surface area is 139 Å². The third kappa shape index (κ3) is 2.92. The van der Waals surface area contributed by atoms with E-state index in [1.165, 1.54) is 23.5 Å². The number of hydrogen-bond donors (Lipinski definition) is 1. The van der Waals surface area contributed by atoms with Crippen molar-refractivity contribution in [1.82, 2.24) is 10.1 Å². The smallest absolute Gasteiger partial charge is 0.335 e. The Balaban J connectivity index is 2.00. The minimum atomic E-state index is -0.995. The first-order valence-electron chi connectivity index (χ1n) is 5.67. The van der Waals surface area contributed by atoms with Gasteiger partial charge in [0.15, 0.2) is 0 Å². The largest absolute Gasteiger partial charge is 0.478 e. The minimum Gasteiger partial charge on any atom is -0.478 e. The molecule has 0 radical (unpaired) electrons. The molecule has 0 amide bonds. The molecule has 0 bridgehead atoms. The van der Waals surface area contributed by atoms with Crippen LogP contribution in [0.2, 0.25) is 0 Å². The maximum atomic E-state index is 11.0. The number of rotatable bonds is 3. The lowest BCUT2D eigenvalue weighted by atomic mass is 10.1. The summed E-state index contributed by atoms with van der Waals surface area (Å²) < 4.78 is 7.07. The molecule has 0 spiro atoms. The van der Waals surface area contributed by atoms with Crippen LogP contribution in [0.5, 0.6) is 0 Å². The van der Waals surface area contributed by atoms with Crippen LogP contribution in [0.25, 0.3) is 22.8 Å². The predicted octanol–water partition coefficient (Wildman–Crippen LogP) is 4.69. The van der Waals surface area contributed by atoms with Crippen LogP contribution in [0.3, 0.4) is 0 Å². The lowest BCUT2D eigenvalue weighted by Crippen LogP contribution is -1.96. The summed E-state index contributed by atoms with van der Waals surface area (Å²) in [5.74, 6) is -0.271. The first-order chi connectivity index (χ1) is 10.0. The van der Waals surface area contributed by atoms with Crippen molar-refractivity contribution < 1.29 is 14.4 Å². The summed E-state index contributed by atoms with van der Waals surface area (Å²) in [6, 6.07) is 8.28. The van der Waals surface area contributed by atoms with Crippen molar-refractivity contribution in [2.45, 2.75) is 0 Å². The molecule has 3 rings (SSSR count). The van der Waals surface area contributed by atoms with Gasteiger partial charge < -0.3 is 9.63 Å². The molecule has 0 aliphatic rings. The SMILES string of the molecule is O=C(O)c1cccc(-c2noc(-c3cc(Br)sc3Br)n2)c1. The van der Waals surface area contributed by atoms with Crippen LogP contribution in [0.15, 0.2) is 42.4 Å². The molecule has 21 heavy (non-hydrogen) atoms. The van der Waals surface area contributed by atoms with Gasteiger partial charge in [-0.3, -0.25) is 0 Å². The van der Waals surface area contributed by atoms with Gasteiger partial charge in [-0.2, -0.15) is 4.98 Å². The van der Waals surface area contributed by atoms with E-state index in [1.54, 1.807) is 12.1 Å². The second kappa shape index (κ2) is 5.70. The molecule has 2 aromatic heterocycles. The van der Waals surface area contributed by atoms with E-state index in [2.05, 4.69) is 42.0 Å². The topological polar surface area (TPSA) is 76.2 Å². The van der Waals surface area contributed by atoms with Crippen LogP contribution in [0.4, 0.5) is 0 Å². The van der Waals surface area contributed by atoms with E-state index in [0.717, 1.165) is 13.1 Å². The molecule has 0 saturated carbocycles. The molecule has 1 aromatic carbocycles. The fourth-order valence-electron chi connectivity index (χ4n) is 1.73. The van der Waals surface area contributed by atoms with Gasteiger partial charge in [0.25, 0.3) is 5.89 Å². The molecule has 8 heteroatoms. The number of nitrogens with zero attached hydrogens (tertiary/aromatic N) is 2. The molecule has 5 nitrogen and oxygen atoms in total. The molecule has 0 aliphatic carbocycles. The zero-order valence-electron chi connectivity index (χ0n) is 10.2. The molecule has 0 aliphatic heterocycles. The Kier molecular flexibility index (Phi) is 3.92. The summed E-state index contributed by atoms with van der Waals surface area (Å²) in [5, 5.41) is 12.9. The van der Waals surface area contributed by atoms with Crippen molar-refractivity contribution in [2.75, 3.05) is 0 Å². The minimum absolute atomic E-state index is 0.179. The van der Waals surface area contributed by atoms with Crippen LogP contribution in [-0.4, -0.2) is 21.2 Å². The normalized spacial score (nSPS) is 10.8. The highest BCUT2D eigenvalue weighted by molar-refractivity contribution is 9.12. The standard InChI is InChI=1S/C13H6Br2N2O3S/c14-9-5-8(10(15)21-9)12-16-11(17-20-12)6-2-1-3-7(4-6)13(18)19/h1-5H,(H,18,19). The molecule has 1 N–H and O–H groups in total. The van der Waals surface area contributed by atoms with Crippen LogP contribution >= 0.6 is 43.2 Å². The van der Waals surface area contributed by atoms with E-state index in [4.69, 9.17) is 9.63 Å². The van der Waals surface area contributed by atoms with E-state index in [-0.39, 0.29) is 5.56 Å². The number of carbonyl (C=O) groups is 1. The summed E-state index contributed by atoms with van der Waals surface area (Å²) in [7, 11) is 0. The average Bonchev–Trinajstić information content (AvgIpc) is 3.05. The van der Waals surface area contributed by atoms with E-state index in [1.807, 2.05) is 6.07 Å². The highest BCUT2D eigenvalue weighted by Crippen LogP contribution is 2.38. The Morgan fingerprint density at radius 2 is 2.10 bits per heavy atom. The Morgan fingerprint density at radius 3 is 2.76 bits per heavy atom. The van der Waals surface area contributed by atoms with Gasteiger partial charge in [0.2, 0.25) is 5.82 Å². The second-order valence-corrected chi connectivity index (χ2v) is 7.80. The Hall–Kier alpha value is -1.51. The Morgan fingerprint density at radius 1 is 1.29 bits per heavy atom. The zero-order valence-corrected chi connectivity index (χ0v) is 14.2. The third-order valence-electron chi connectivity index (χ3n) is 2.68. The van der Waals surface area contributed by atoms with Gasteiger partial charge in [0.1, 0.15) is 0 Å². The molecular formula is C13H6Br2N2O3S. The van der Waals surface area contributed by atoms with E-state index in [9.17, 15) is 4.79 Å². The number of aromatic carboxylic acids is 1. The molecule has 0 fully saturated rings. The number of aromatic nitrogens is 2. The van der Waals surface area contributed by atoms with E-state index < -0.39 is 5.97 Å². The van der Waals surface area contributed by atoms with Crippen LogP contribution < -0.4 is 0 Å². The van der Waals surface area contributed by atoms with Crippen LogP contribution in [-0.2, 0) is 0 Å². The van der Waals surface area contributed by atoms with Crippen LogP contribution in [0, 0.1) is 0 Å². The first kappa shape index (κ1) is 14.4. The van der Waals surface area contributed by atoms with Crippen molar-refractivity contribution in [3.63, 3.8) is 0 Å². The molecule has 3 aromatic rings. The number of benzene rings is 1. The molecule has 0 saturated heterocycles. The summed E-state index contributed by atoms with van der Waals surface area (Å²) >= 11 is 8.33. The molecule has 106 valence electrons. The quantitative estimate of drug-likeness (QED) is 0.653. The van der Waals surface area contributed by atoms with Gasteiger partial charge >= 0.3 is 5.97 Å². The van der Waals surface area contributed by atoms with Gasteiger partial charge in [-0.25, -0.2) is 4.79 Å². The summed E-state index contributed by atoms with van der Waals surface area (Å²) in [6.07, 6.45) is 0. The van der Waals surface area contributed by atoms with Gasteiger partial charge in [-0.05, 0) is 50.1 Å². The summed E-state index contributed by atoms with van der Waals surface area (Å²) in [6.45, 7) is 0. The van der Waals surface area contributed by atoms with E-state index >= 15 is 0 Å². The fraction of sp³-hybridized carbons (Fsp3) is 0. The highest BCUT2D eigenvalue weighted by atomic mass is 79.9. The maximum Gasteiger partial charge on any atom is 0.335 e. The van der Waals surface area contributed by atoms with Crippen molar-refractivity contribution in [2.24, 2.45) is 0 Å². The molecule has 2 heterocycles. The van der Waals surface area contributed by atoms with E-state index in [0.29, 0.717) is 17.3 Å². The average molecular weight is 430 g/mol. The van der Waals surface area contributed by atoms with Crippen molar-refractivity contribution in [3.8, 4) is 22.8 Å². The number of carboxylic acid groups (broad SMARTS) is 1. The molecule has 0 atom stereocenters. The number of carboxylic acids is 1. The lowest BCUT2D eigenvalue weighted by Gasteiger charge is -1.96. The number of halogens is 2. The van der Waals surface area contributed by atoms with Crippen molar-refractivity contribution in [3.05, 3.63) is 43.5 Å². The predicted molar refractivity (Wildman–Crippen MR) is 85.4 cm³/mol. The van der Waals surface area contributed by atoms with Gasteiger partial charge in [0.05, 0.1) is 18.7 Å². The van der Waals surface area contributed by atoms with Crippen LogP contribution in [0.1, 0.15) is 10.4 Å². The van der Waals surface area contributed by atoms with Gasteiger partial charge in [0, 0.05) is 5.56 Å². The number of hydrogen-bond acceptors (Lipinski definition) is 5. The zero-order chi connectivity index (χ0) is 15.0. The van der Waals surface area contributed by atoms with Crippen molar-refractivity contribution in [1.29, 1.82) is 0 Å². The van der Waals surface area contributed by atoms with Gasteiger partial charge in [-0.1, -0.05) is 17.3 Å². The maximum absolute atomic E-state index is 11.0. The Bertz CT molecular complexity index is 828. The lowest BCUT2D eigenvalue weighted by molar-refractivity contribution is 0.0697. The third-order valence-corrected chi connectivity index (χ3v) is 5.02. The summed E-state index contributed by atoms with van der Waals surface area (Å²) in [4.78, 5) is 15.3. The number of thiophene rings is 1. The molecule has 0 unspecified atom stereocenters. The summed E-state index contributed by atoms with van der Waals surface area (Å²) in [5.41, 5.74) is 1.56.